The number of hydrogen-bond acceptors (Lipinski definition) is 8. The van der Waals surface area contributed by atoms with Crippen LogP contribution in [0.1, 0.15) is 51.9 Å². The quantitative estimate of drug-likeness (QED) is 0.0503. The number of nitrogens with two attached hydrogens (primary N) is 5. The van der Waals surface area contributed by atoms with Crippen molar-refractivity contribution in [3.05, 3.63) is 0 Å². The van der Waals surface area contributed by atoms with Crippen molar-refractivity contribution in [3.63, 3.8) is 0 Å². The van der Waals surface area contributed by atoms with E-state index in [1.54, 1.807) is 0 Å². The Morgan fingerprint density at radius 2 is 1.31 bits per heavy atom. The molecule has 0 rings (SSSR count). The van der Waals surface area contributed by atoms with E-state index in [9.17, 15) is 29.1 Å². The van der Waals surface area contributed by atoms with E-state index in [2.05, 4.69) is 20.9 Å². The summed E-state index contributed by atoms with van der Waals surface area (Å²) >= 11 is 0. The van der Waals surface area contributed by atoms with Gasteiger partial charge in [0.25, 0.3) is 0 Å². The van der Waals surface area contributed by atoms with Crippen LogP contribution in [0.4, 0.5) is 0 Å². The number of amides is 4. The number of nitrogens with zero attached hydrogens (tertiary/aromatic N) is 1. The van der Waals surface area contributed by atoms with Gasteiger partial charge in [0, 0.05) is 13.0 Å². The lowest BCUT2D eigenvalue weighted by Gasteiger charge is -2.25. The van der Waals surface area contributed by atoms with Gasteiger partial charge < -0.3 is 49.7 Å². The van der Waals surface area contributed by atoms with Crippen LogP contribution in [0.15, 0.2) is 4.99 Å². The van der Waals surface area contributed by atoms with Crippen molar-refractivity contribution in [2.75, 3.05) is 13.1 Å². The van der Waals surface area contributed by atoms with Crippen LogP contribution < -0.4 is 44.6 Å². The molecular weight excluding hydrogens is 462 g/mol. The van der Waals surface area contributed by atoms with Crippen molar-refractivity contribution < 1.29 is 29.1 Å². The molecule has 35 heavy (non-hydrogen) atoms. The fraction of sp³-hybridized carbons (Fsp3) is 0.700. The number of carbonyl (C=O) groups excluding carboxylic acids is 4. The number of unbranched alkanes of at least 4 members (excludes halogenated alkanes) is 1. The number of carboxylic acid groups (broad SMARTS) is 1. The lowest BCUT2D eigenvalue weighted by Crippen LogP contribution is -2.57. The summed E-state index contributed by atoms with van der Waals surface area (Å²) in [6.45, 7) is 2.02. The Morgan fingerprint density at radius 1 is 0.800 bits per heavy atom. The van der Waals surface area contributed by atoms with E-state index in [1.807, 2.05) is 0 Å². The lowest BCUT2D eigenvalue weighted by molar-refractivity contribution is -0.142. The molecule has 0 fully saturated rings. The number of rotatable bonds is 18. The van der Waals surface area contributed by atoms with Gasteiger partial charge in [-0.15, -0.1) is 0 Å². The molecule has 4 unspecified atom stereocenters. The fourth-order valence-corrected chi connectivity index (χ4v) is 2.93. The summed E-state index contributed by atoms with van der Waals surface area (Å²) in [6.07, 6.45) is 1.25. The fourth-order valence-electron chi connectivity index (χ4n) is 2.93. The van der Waals surface area contributed by atoms with E-state index < -0.39 is 53.8 Å². The zero-order valence-electron chi connectivity index (χ0n) is 20.0. The Bertz CT molecular complexity index is 755. The maximum atomic E-state index is 13.0. The van der Waals surface area contributed by atoms with E-state index in [-0.39, 0.29) is 44.6 Å². The third-order valence-electron chi connectivity index (χ3n) is 4.87. The second-order valence-electron chi connectivity index (χ2n) is 8.05. The third-order valence-corrected chi connectivity index (χ3v) is 4.87. The number of carbonyl (C=O) groups is 5. The van der Waals surface area contributed by atoms with Crippen molar-refractivity contribution in [2.45, 2.75) is 76.0 Å². The molecule has 15 nitrogen and oxygen atoms in total. The number of primary amides is 1. The summed E-state index contributed by atoms with van der Waals surface area (Å²) in [5.74, 6) is -4.23. The Kier molecular flexibility index (Phi) is 15.4. The van der Waals surface area contributed by atoms with Crippen molar-refractivity contribution in [1.82, 2.24) is 16.0 Å². The predicted molar refractivity (Wildman–Crippen MR) is 128 cm³/mol. The SMILES string of the molecule is CC(N)C(=O)NC(CCCCN)C(=O)NC(CCCN=C(N)N)C(=O)NC(CCC(N)=O)C(=O)O. The summed E-state index contributed by atoms with van der Waals surface area (Å²) in [5.41, 5.74) is 26.7. The molecule has 200 valence electrons. The van der Waals surface area contributed by atoms with Crippen LogP contribution in [0.5, 0.6) is 0 Å². The van der Waals surface area contributed by atoms with E-state index >= 15 is 0 Å². The maximum Gasteiger partial charge on any atom is 0.326 e. The van der Waals surface area contributed by atoms with Gasteiger partial charge in [0.1, 0.15) is 18.1 Å². The van der Waals surface area contributed by atoms with Crippen LogP contribution in [0.2, 0.25) is 0 Å². The second-order valence-corrected chi connectivity index (χ2v) is 8.05. The molecule has 14 N–H and O–H groups in total. The lowest BCUT2D eigenvalue weighted by atomic mass is 10.0. The first-order valence-electron chi connectivity index (χ1n) is 11.3. The van der Waals surface area contributed by atoms with Gasteiger partial charge in [-0.3, -0.25) is 24.2 Å². The van der Waals surface area contributed by atoms with Gasteiger partial charge in [0.15, 0.2) is 5.96 Å². The number of aliphatic imine (C=N–C) groups is 1. The minimum absolute atomic E-state index is 0.0628. The molecule has 0 aromatic rings. The zero-order chi connectivity index (χ0) is 27.0. The third kappa shape index (κ3) is 14.4. The van der Waals surface area contributed by atoms with Gasteiger partial charge in [-0.2, -0.15) is 0 Å². The molecular formula is C20H39N9O6. The predicted octanol–water partition coefficient (Wildman–Crippen LogP) is -3.68. The highest BCUT2D eigenvalue weighted by atomic mass is 16.4. The van der Waals surface area contributed by atoms with Gasteiger partial charge in [0.05, 0.1) is 6.04 Å². The normalized spacial score (nSPS) is 14.0. The summed E-state index contributed by atoms with van der Waals surface area (Å²) in [4.78, 5) is 64.2. The largest absolute Gasteiger partial charge is 0.480 e. The first kappa shape index (κ1) is 31.5. The van der Waals surface area contributed by atoms with Crippen LogP contribution in [-0.2, 0) is 24.0 Å². The van der Waals surface area contributed by atoms with Crippen molar-refractivity contribution in [1.29, 1.82) is 0 Å². The molecule has 4 amide bonds. The molecule has 0 saturated carbocycles. The van der Waals surface area contributed by atoms with E-state index in [4.69, 9.17) is 28.7 Å². The Hall–Kier alpha value is -3.46. The second kappa shape index (κ2) is 17.0. The van der Waals surface area contributed by atoms with Crippen LogP contribution in [0.3, 0.4) is 0 Å². The number of carboxylic acids is 1. The highest BCUT2D eigenvalue weighted by Gasteiger charge is 2.29. The molecule has 0 spiro atoms. The van der Waals surface area contributed by atoms with Crippen LogP contribution in [0.25, 0.3) is 0 Å². The molecule has 0 aliphatic carbocycles. The topological polar surface area (TPSA) is 284 Å². The van der Waals surface area contributed by atoms with Gasteiger partial charge in [-0.25, -0.2) is 4.79 Å². The number of aliphatic carboxylic acids is 1. The molecule has 15 heteroatoms. The summed E-state index contributed by atoms with van der Waals surface area (Å²) in [6, 6.07) is -4.42. The Balaban J connectivity index is 5.55. The van der Waals surface area contributed by atoms with Crippen molar-refractivity contribution in [3.8, 4) is 0 Å². The van der Waals surface area contributed by atoms with Gasteiger partial charge in [0.2, 0.25) is 23.6 Å². The number of guanidine groups is 1. The van der Waals surface area contributed by atoms with Crippen molar-refractivity contribution >= 4 is 35.6 Å². The summed E-state index contributed by atoms with van der Waals surface area (Å²) < 4.78 is 0. The minimum Gasteiger partial charge on any atom is -0.480 e. The highest BCUT2D eigenvalue weighted by molar-refractivity contribution is 5.94. The Morgan fingerprint density at radius 3 is 1.77 bits per heavy atom. The molecule has 4 atom stereocenters. The highest BCUT2D eigenvalue weighted by Crippen LogP contribution is 2.06. The number of hydrogen-bond donors (Lipinski definition) is 9. The number of nitrogens with one attached hydrogen (secondary N) is 3. The molecule has 0 heterocycles. The smallest absolute Gasteiger partial charge is 0.326 e. The summed E-state index contributed by atoms with van der Waals surface area (Å²) in [7, 11) is 0. The molecule has 0 aliphatic heterocycles. The van der Waals surface area contributed by atoms with E-state index in [0.717, 1.165) is 0 Å². The molecule has 0 saturated heterocycles. The van der Waals surface area contributed by atoms with Crippen LogP contribution in [0, 0.1) is 0 Å². The first-order chi connectivity index (χ1) is 16.4. The summed E-state index contributed by atoms with van der Waals surface area (Å²) in [5, 5.41) is 16.8. The van der Waals surface area contributed by atoms with Gasteiger partial charge in [-0.05, 0) is 52.0 Å². The zero-order valence-corrected chi connectivity index (χ0v) is 20.0. The van der Waals surface area contributed by atoms with Crippen LogP contribution in [-0.4, -0.2) is 77.9 Å². The molecule has 0 aliphatic rings. The van der Waals surface area contributed by atoms with Gasteiger partial charge in [-0.1, -0.05) is 0 Å². The van der Waals surface area contributed by atoms with Crippen LogP contribution >= 0.6 is 0 Å². The average molecular weight is 502 g/mol. The molecule has 0 aromatic carbocycles. The molecule has 0 bridgehead atoms. The minimum atomic E-state index is -1.40. The van der Waals surface area contributed by atoms with Crippen molar-refractivity contribution in [2.24, 2.45) is 33.7 Å². The van der Waals surface area contributed by atoms with Gasteiger partial charge >= 0.3 is 5.97 Å². The average Bonchev–Trinajstić information content (AvgIpc) is 2.76. The Labute approximate surface area is 204 Å². The monoisotopic (exact) mass is 501 g/mol. The van der Waals surface area contributed by atoms with E-state index in [0.29, 0.717) is 19.4 Å². The maximum absolute atomic E-state index is 13.0. The molecule has 0 aromatic heterocycles. The molecule has 0 radical (unpaired) electrons. The first-order valence-corrected chi connectivity index (χ1v) is 11.3. The standard InChI is InChI=1S/C20H39N9O6/c1-11(22)16(31)27-12(5-2-3-9-21)17(32)28-13(6-4-10-26-20(24)25)18(33)29-14(19(34)35)7-8-15(23)30/h11-14H,2-10,21-22H2,1H3,(H2,23,30)(H,27,31)(H,28,32)(H,29,33)(H,34,35)(H4,24,25,26). The van der Waals surface area contributed by atoms with E-state index in [1.165, 1.54) is 6.92 Å².